The highest BCUT2D eigenvalue weighted by Gasteiger charge is 2.04. The van der Waals surface area contributed by atoms with E-state index < -0.39 is 0 Å². The van der Waals surface area contributed by atoms with Gasteiger partial charge >= 0.3 is 0 Å². The van der Waals surface area contributed by atoms with E-state index in [0.717, 1.165) is 28.4 Å². The average Bonchev–Trinajstić information content (AvgIpc) is 2.48. The molecule has 2 rings (SSSR count). The lowest BCUT2D eigenvalue weighted by Gasteiger charge is -2.12. The molecule has 0 fully saturated rings. The van der Waals surface area contributed by atoms with E-state index in [-0.39, 0.29) is 6.61 Å². The van der Waals surface area contributed by atoms with Crippen LogP contribution in [0.2, 0.25) is 0 Å². The van der Waals surface area contributed by atoms with Crippen molar-refractivity contribution in [2.24, 2.45) is 0 Å². The number of aliphatic hydroxyl groups is 1. The monoisotopic (exact) mass is 259 g/mol. The summed E-state index contributed by atoms with van der Waals surface area (Å²) in [5.41, 5.74) is 2.53. The molecular formula is C15H17NO3. The number of rotatable bonds is 5. The molecule has 0 saturated heterocycles. The van der Waals surface area contributed by atoms with E-state index >= 15 is 0 Å². The highest BCUT2D eigenvalue weighted by atomic mass is 16.5. The van der Waals surface area contributed by atoms with Gasteiger partial charge in [0.1, 0.15) is 11.5 Å². The van der Waals surface area contributed by atoms with Gasteiger partial charge in [-0.25, -0.2) is 0 Å². The number of methoxy groups -OCH3 is 2. The van der Waals surface area contributed by atoms with Crippen LogP contribution in [-0.2, 0) is 6.61 Å². The quantitative estimate of drug-likeness (QED) is 0.866. The smallest absolute Gasteiger partial charge is 0.120 e. The van der Waals surface area contributed by atoms with Gasteiger partial charge in [-0.2, -0.15) is 0 Å². The second kappa shape index (κ2) is 6.11. The number of hydrogen-bond donors (Lipinski definition) is 2. The molecule has 2 N–H and O–H groups in total. The predicted octanol–water partition coefficient (Wildman–Crippen LogP) is 2.94. The summed E-state index contributed by atoms with van der Waals surface area (Å²) < 4.78 is 10.3. The lowest BCUT2D eigenvalue weighted by Crippen LogP contribution is -1.97. The first-order valence-electron chi connectivity index (χ1n) is 5.95. The molecule has 0 heterocycles. The fourth-order valence-corrected chi connectivity index (χ4v) is 1.81. The van der Waals surface area contributed by atoms with Crippen LogP contribution in [0.5, 0.6) is 11.5 Å². The fourth-order valence-electron chi connectivity index (χ4n) is 1.81. The molecule has 0 amide bonds. The molecule has 0 bridgehead atoms. The van der Waals surface area contributed by atoms with Gasteiger partial charge in [0.05, 0.1) is 20.8 Å². The first-order valence-corrected chi connectivity index (χ1v) is 5.95. The minimum absolute atomic E-state index is 0.0521. The molecule has 0 aromatic heterocycles. The van der Waals surface area contributed by atoms with Crippen molar-refractivity contribution in [1.82, 2.24) is 0 Å². The lowest BCUT2D eigenvalue weighted by molar-refractivity contribution is 0.281. The van der Waals surface area contributed by atoms with Crippen LogP contribution in [0.4, 0.5) is 11.4 Å². The third-order valence-corrected chi connectivity index (χ3v) is 2.83. The largest absolute Gasteiger partial charge is 0.497 e. The average molecular weight is 259 g/mol. The highest BCUT2D eigenvalue weighted by molar-refractivity contribution is 5.65. The number of ether oxygens (including phenoxy) is 2. The van der Waals surface area contributed by atoms with Gasteiger partial charge in [-0.05, 0) is 30.3 Å². The normalized spacial score (nSPS) is 10.1. The van der Waals surface area contributed by atoms with Crippen LogP contribution < -0.4 is 14.8 Å². The highest BCUT2D eigenvalue weighted by Crippen LogP contribution is 2.26. The Kier molecular flexibility index (Phi) is 4.26. The summed E-state index contributed by atoms with van der Waals surface area (Å²) >= 11 is 0. The number of nitrogens with one attached hydrogen (secondary N) is 1. The molecule has 0 aliphatic rings. The van der Waals surface area contributed by atoms with Crippen molar-refractivity contribution < 1.29 is 14.6 Å². The van der Waals surface area contributed by atoms with E-state index in [1.807, 2.05) is 42.5 Å². The summed E-state index contributed by atoms with van der Waals surface area (Å²) in [6.45, 7) is -0.0521. The van der Waals surface area contributed by atoms with E-state index in [4.69, 9.17) is 9.47 Å². The Balaban J connectivity index is 2.26. The fraction of sp³-hybridized carbons (Fsp3) is 0.200. The van der Waals surface area contributed by atoms with Crippen LogP contribution in [0.1, 0.15) is 5.56 Å². The van der Waals surface area contributed by atoms with Crippen LogP contribution in [0.15, 0.2) is 42.5 Å². The molecule has 2 aromatic rings. The molecule has 0 saturated carbocycles. The second-order valence-corrected chi connectivity index (χ2v) is 4.04. The molecule has 100 valence electrons. The minimum atomic E-state index is -0.0521. The maximum atomic E-state index is 9.40. The van der Waals surface area contributed by atoms with Crippen molar-refractivity contribution in [3.8, 4) is 11.5 Å². The Hall–Kier alpha value is -2.20. The number of hydrogen-bond acceptors (Lipinski definition) is 4. The Morgan fingerprint density at radius 2 is 1.74 bits per heavy atom. The summed E-state index contributed by atoms with van der Waals surface area (Å²) in [4.78, 5) is 0. The molecule has 19 heavy (non-hydrogen) atoms. The topological polar surface area (TPSA) is 50.7 Å². The van der Waals surface area contributed by atoms with Crippen molar-refractivity contribution >= 4 is 11.4 Å². The van der Waals surface area contributed by atoms with E-state index in [2.05, 4.69) is 5.32 Å². The molecule has 0 radical (unpaired) electrons. The Labute approximate surface area is 112 Å². The lowest BCUT2D eigenvalue weighted by atomic mass is 10.1. The predicted molar refractivity (Wildman–Crippen MR) is 75.2 cm³/mol. The summed E-state index contributed by atoms with van der Waals surface area (Å²) in [5, 5.41) is 12.7. The third-order valence-electron chi connectivity index (χ3n) is 2.83. The van der Waals surface area contributed by atoms with Gasteiger partial charge in [0.15, 0.2) is 0 Å². The molecule has 0 atom stereocenters. The molecule has 4 heteroatoms. The van der Waals surface area contributed by atoms with E-state index in [1.54, 1.807) is 14.2 Å². The Morgan fingerprint density at radius 1 is 1.00 bits per heavy atom. The van der Waals surface area contributed by atoms with Crippen molar-refractivity contribution in [2.75, 3.05) is 19.5 Å². The van der Waals surface area contributed by atoms with Crippen LogP contribution in [-0.4, -0.2) is 19.3 Å². The zero-order valence-electron chi connectivity index (χ0n) is 11.0. The van der Waals surface area contributed by atoms with Crippen molar-refractivity contribution in [1.29, 1.82) is 0 Å². The molecule has 0 aliphatic heterocycles. The SMILES string of the molecule is COc1cccc(Nc2ccc(OC)cc2CO)c1. The summed E-state index contributed by atoms with van der Waals surface area (Å²) in [6.07, 6.45) is 0. The first-order chi connectivity index (χ1) is 9.26. The number of aliphatic hydroxyl groups excluding tert-OH is 1. The van der Waals surface area contributed by atoms with Crippen LogP contribution in [0.25, 0.3) is 0 Å². The summed E-state index contributed by atoms with van der Waals surface area (Å²) in [6, 6.07) is 13.2. The van der Waals surface area contributed by atoms with Gasteiger partial charge in [0.25, 0.3) is 0 Å². The molecule has 2 aromatic carbocycles. The minimum Gasteiger partial charge on any atom is -0.497 e. The number of benzene rings is 2. The second-order valence-electron chi connectivity index (χ2n) is 4.04. The first kappa shape index (κ1) is 13.2. The molecular weight excluding hydrogens is 242 g/mol. The maximum Gasteiger partial charge on any atom is 0.120 e. The molecule has 0 unspecified atom stereocenters. The molecule has 4 nitrogen and oxygen atoms in total. The molecule has 0 aliphatic carbocycles. The van der Waals surface area contributed by atoms with Crippen molar-refractivity contribution in [2.45, 2.75) is 6.61 Å². The van der Waals surface area contributed by atoms with Crippen LogP contribution >= 0.6 is 0 Å². The van der Waals surface area contributed by atoms with Crippen LogP contribution in [0.3, 0.4) is 0 Å². The van der Waals surface area contributed by atoms with Gasteiger partial charge in [-0.1, -0.05) is 6.07 Å². The molecule has 0 spiro atoms. The maximum absolute atomic E-state index is 9.40. The summed E-state index contributed by atoms with van der Waals surface area (Å²) in [5.74, 6) is 1.50. The standard InChI is InChI=1S/C15H17NO3/c1-18-13-5-3-4-12(9-13)16-15-7-6-14(19-2)8-11(15)10-17/h3-9,16-17H,10H2,1-2H3. The van der Waals surface area contributed by atoms with Crippen LogP contribution in [0, 0.1) is 0 Å². The van der Waals surface area contributed by atoms with Gasteiger partial charge in [0.2, 0.25) is 0 Å². The Bertz CT molecular complexity index is 555. The van der Waals surface area contributed by atoms with E-state index in [9.17, 15) is 5.11 Å². The van der Waals surface area contributed by atoms with Gasteiger partial charge in [-0.3, -0.25) is 0 Å². The third kappa shape index (κ3) is 3.17. The zero-order chi connectivity index (χ0) is 13.7. The Morgan fingerprint density at radius 3 is 2.42 bits per heavy atom. The van der Waals surface area contributed by atoms with Crippen molar-refractivity contribution in [3.05, 3.63) is 48.0 Å². The van der Waals surface area contributed by atoms with Gasteiger partial charge in [-0.15, -0.1) is 0 Å². The van der Waals surface area contributed by atoms with E-state index in [1.165, 1.54) is 0 Å². The van der Waals surface area contributed by atoms with Crippen molar-refractivity contribution in [3.63, 3.8) is 0 Å². The zero-order valence-corrected chi connectivity index (χ0v) is 11.0. The summed E-state index contributed by atoms with van der Waals surface area (Å²) in [7, 11) is 3.23. The van der Waals surface area contributed by atoms with Gasteiger partial charge < -0.3 is 19.9 Å². The van der Waals surface area contributed by atoms with E-state index in [0.29, 0.717) is 0 Å². The van der Waals surface area contributed by atoms with Gasteiger partial charge in [0, 0.05) is 23.0 Å². The number of anilines is 2.